The number of nitrogens with zero attached hydrogens (tertiary/aromatic N) is 1. The molecule has 0 aliphatic rings. The summed E-state index contributed by atoms with van der Waals surface area (Å²) in [5.74, 6) is -0.0697. The van der Waals surface area contributed by atoms with Gasteiger partial charge in [0.25, 0.3) is 0 Å². The van der Waals surface area contributed by atoms with E-state index >= 15 is 0 Å². The van der Waals surface area contributed by atoms with Crippen molar-refractivity contribution in [2.75, 3.05) is 0 Å². The lowest BCUT2D eigenvalue weighted by molar-refractivity contribution is 0.274. The SMILES string of the molecule is O=c1[nH]nc(CO)cc1Oc1ccc(F)cc1. The molecule has 0 aliphatic carbocycles. The molecule has 0 atom stereocenters. The van der Waals surface area contributed by atoms with Crippen LogP contribution >= 0.6 is 0 Å². The molecule has 0 saturated heterocycles. The number of hydrogen-bond acceptors (Lipinski definition) is 4. The molecule has 0 bridgehead atoms. The first-order valence-electron chi connectivity index (χ1n) is 4.82. The van der Waals surface area contributed by atoms with E-state index < -0.39 is 11.4 Å². The largest absolute Gasteiger partial charge is 0.451 e. The minimum Gasteiger partial charge on any atom is -0.451 e. The molecular formula is C11H9FN2O3. The van der Waals surface area contributed by atoms with Crippen molar-refractivity contribution in [1.82, 2.24) is 10.2 Å². The zero-order valence-electron chi connectivity index (χ0n) is 8.68. The summed E-state index contributed by atoms with van der Waals surface area (Å²) in [6.07, 6.45) is 0. The number of hydrogen-bond donors (Lipinski definition) is 2. The van der Waals surface area contributed by atoms with E-state index in [0.29, 0.717) is 5.75 Å². The predicted molar refractivity (Wildman–Crippen MR) is 57.3 cm³/mol. The maximum atomic E-state index is 12.7. The fraction of sp³-hybridized carbons (Fsp3) is 0.0909. The molecule has 0 saturated carbocycles. The summed E-state index contributed by atoms with van der Waals surface area (Å²) in [6, 6.07) is 6.55. The van der Waals surface area contributed by atoms with Gasteiger partial charge in [0, 0.05) is 6.07 Å². The van der Waals surface area contributed by atoms with E-state index in [1.165, 1.54) is 30.3 Å². The second-order valence-electron chi connectivity index (χ2n) is 3.27. The van der Waals surface area contributed by atoms with Crippen LogP contribution in [-0.2, 0) is 6.61 Å². The van der Waals surface area contributed by atoms with E-state index in [9.17, 15) is 9.18 Å². The maximum Gasteiger partial charge on any atom is 0.307 e. The standard InChI is InChI=1S/C11H9FN2O3/c12-7-1-3-9(4-2-7)17-10-5-8(6-15)13-14-11(10)16/h1-5,15H,6H2,(H,14,16). The number of aromatic nitrogens is 2. The van der Waals surface area contributed by atoms with Gasteiger partial charge in [-0.25, -0.2) is 9.49 Å². The molecule has 1 aromatic heterocycles. The van der Waals surface area contributed by atoms with Crippen LogP contribution < -0.4 is 10.3 Å². The number of aromatic amines is 1. The molecule has 0 amide bonds. The molecule has 0 spiro atoms. The van der Waals surface area contributed by atoms with E-state index in [1.54, 1.807) is 0 Å². The van der Waals surface area contributed by atoms with Crippen LogP contribution in [-0.4, -0.2) is 15.3 Å². The summed E-state index contributed by atoms with van der Waals surface area (Å²) >= 11 is 0. The van der Waals surface area contributed by atoms with Crippen LogP contribution in [0.1, 0.15) is 5.69 Å². The van der Waals surface area contributed by atoms with Crippen molar-refractivity contribution in [2.24, 2.45) is 0 Å². The third-order valence-electron chi connectivity index (χ3n) is 2.03. The molecule has 88 valence electrons. The van der Waals surface area contributed by atoms with Crippen LogP contribution in [0.15, 0.2) is 35.1 Å². The van der Waals surface area contributed by atoms with E-state index in [0.717, 1.165) is 0 Å². The molecule has 1 aromatic carbocycles. The summed E-state index contributed by atoms with van der Waals surface area (Å²) in [5.41, 5.74) is -0.242. The van der Waals surface area contributed by atoms with Crippen LogP contribution in [0.25, 0.3) is 0 Å². The Morgan fingerprint density at radius 2 is 2.06 bits per heavy atom. The zero-order valence-corrected chi connectivity index (χ0v) is 8.68. The van der Waals surface area contributed by atoms with Crippen molar-refractivity contribution < 1.29 is 14.2 Å². The topological polar surface area (TPSA) is 75.2 Å². The van der Waals surface area contributed by atoms with Crippen molar-refractivity contribution in [3.8, 4) is 11.5 Å². The monoisotopic (exact) mass is 236 g/mol. The molecule has 17 heavy (non-hydrogen) atoms. The van der Waals surface area contributed by atoms with Gasteiger partial charge in [-0.1, -0.05) is 0 Å². The molecule has 2 N–H and O–H groups in total. The summed E-state index contributed by atoms with van der Waals surface area (Å²) in [4.78, 5) is 11.4. The van der Waals surface area contributed by atoms with Gasteiger partial charge in [-0.3, -0.25) is 4.79 Å². The molecule has 0 aliphatic heterocycles. The number of ether oxygens (including phenoxy) is 1. The minimum absolute atomic E-state index is 0.00402. The lowest BCUT2D eigenvalue weighted by Gasteiger charge is -2.04. The number of halogens is 1. The van der Waals surface area contributed by atoms with Crippen molar-refractivity contribution in [2.45, 2.75) is 6.61 Å². The Bertz CT molecular complexity index is 566. The Kier molecular flexibility index (Phi) is 3.15. The molecule has 0 radical (unpaired) electrons. The van der Waals surface area contributed by atoms with Gasteiger partial charge in [0.05, 0.1) is 12.3 Å². The molecule has 1 heterocycles. The first-order valence-corrected chi connectivity index (χ1v) is 4.82. The smallest absolute Gasteiger partial charge is 0.307 e. The third kappa shape index (κ3) is 2.67. The number of benzene rings is 1. The van der Waals surface area contributed by atoms with E-state index in [-0.39, 0.29) is 18.1 Å². The van der Waals surface area contributed by atoms with E-state index in [4.69, 9.17) is 9.84 Å². The summed E-state index contributed by atoms with van der Waals surface area (Å²) in [7, 11) is 0. The van der Waals surface area contributed by atoms with Crippen LogP contribution in [0, 0.1) is 5.82 Å². The number of nitrogens with one attached hydrogen (secondary N) is 1. The van der Waals surface area contributed by atoms with Crippen molar-refractivity contribution in [1.29, 1.82) is 0 Å². The van der Waals surface area contributed by atoms with Crippen molar-refractivity contribution in [3.05, 3.63) is 52.2 Å². The Morgan fingerprint density at radius 3 is 2.71 bits per heavy atom. The number of aliphatic hydroxyl groups is 1. The Hall–Kier alpha value is -2.21. The average molecular weight is 236 g/mol. The Balaban J connectivity index is 2.29. The molecule has 6 heteroatoms. The highest BCUT2D eigenvalue weighted by Gasteiger charge is 2.05. The maximum absolute atomic E-state index is 12.7. The van der Waals surface area contributed by atoms with E-state index in [1.807, 2.05) is 0 Å². The van der Waals surface area contributed by atoms with Crippen molar-refractivity contribution >= 4 is 0 Å². The lowest BCUT2D eigenvalue weighted by atomic mass is 10.3. The third-order valence-corrected chi connectivity index (χ3v) is 2.03. The molecule has 2 rings (SSSR count). The van der Waals surface area contributed by atoms with Gasteiger partial charge in [0.1, 0.15) is 11.6 Å². The molecule has 5 nitrogen and oxygen atoms in total. The van der Waals surface area contributed by atoms with Crippen LogP contribution in [0.2, 0.25) is 0 Å². The van der Waals surface area contributed by atoms with Crippen LogP contribution in [0.3, 0.4) is 0 Å². The second-order valence-corrected chi connectivity index (χ2v) is 3.27. The quantitative estimate of drug-likeness (QED) is 0.839. The summed E-state index contributed by atoms with van der Waals surface area (Å²) in [6.45, 7) is -0.309. The fourth-order valence-electron chi connectivity index (χ4n) is 1.21. The molecular weight excluding hydrogens is 227 g/mol. The van der Waals surface area contributed by atoms with Gasteiger partial charge in [-0.05, 0) is 24.3 Å². The molecule has 0 unspecified atom stereocenters. The van der Waals surface area contributed by atoms with Gasteiger partial charge < -0.3 is 9.84 Å². The fourth-order valence-corrected chi connectivity index (χ4v) is 1.21. The van der Waals surface area contributed by atoms with E-state index in [2.05, 4.69) is 10.2 Å². The second kappa shape index (κ2) is 4.75. The Morgan fingerprint density at radius 1 is 1.35 bits per heavy atom. The molecule has 0 fully saturated rings. The van der Waals surface area contributed by atoms with Crippen molar-refractivity contribution in [3.63, 3.8) is 0 Å². The first kappa shape index (κ1) is 11.3. The Labute approximate surface area is 95.5 Å². The van der Waals surface area contributed by atoms with Crippen LogP contribution in [0.5, 0.6) is 11.5 Å². The summed E-state index contributed by atoms with van der Waals surface area (Å²) < 4.78 is 17.9. The van der Waals surface area contributed by atoms with Gasteiger partial charge in [-0.15, -0.1) is 0 Å². The first-order chi connectivity index (χ1) is 8.19. The van der Waals surface area contributed by atoms with Crippen LogP contribution in [0.4, 0.5) is 4.39 Å². The highest BCUT2D eigenvalue weighted by molar-refractivity contribution is 5.29. The van der Waals surface area contributed by atoms with Gasteiger partial charge in [0.2, 0.25) is 0 Å². The lowest BCUT2D eigenvalue weighted by Crippen LogP contribution is -2.12. The highest BCUT2D eigenvalue weighted by atomic mass is 19.1. The van der Waals surface area contributed by atoms with Gasteiger partial charge >= 0.3 is 5.56 Å². The number of H-pyrrole nitrogens is 1. The average Bonchev–Trinajstić information content (AvgIpc) is 2.35. The minimum atomic E-state index is -0.522. The van der Waals surface area contributed by atoms with Gasteiger partial charge in [0.15, 0.2) is 5.75 Å². The van der Waals surface area contributed by atoms with Gasteiger partial charge in [-0.2, -0.15) is 5.10 Å². The normalized spacial score (nSPS) is 10.2. The summed E-state index contributed by atoms with van der Waals surface area (Å²) in [5, 5.41) is 14.6. The predicted octanol–water partition coefficient (Wildman–Crippen LogP) is 1.19. The number of rotatable bonds is 3. The molecule has 2 aromatic rings. The number of aliphatic hydroxyl groups excluding tert-OH is 1. The highest BCUT2D eigenvalue weighted by Crippen LogP contribution is 2.18. The zero-order chi connectivity index (χ0) is 12.3.